The predicted molar refractivity (Wildman–Crippen MR) is 127 cm³/mol. The summed E-state index contributed by atoms with van der Waals surface area (Å²) in [5.74, 6) is 0.474. The number of benzene rings is 3. The third-order valence-corrected chi connectivity index (χ3v) is 6.60. The Morgan fingerprint density at radius 2 is 1.29 bits per heavy atom. The lowest BCUT2D eigenvalue weighted by Crippen LogP contribution is -2.20. The van der Waals surface area contributed by atoms with Crippen LogP contribution in [0.15, 0.2) is 106 Å². The summed E-state index contributed by atoms with van der Waals surface area (Å²) in [4.78, 5) is 2.35. The van der Waals surface area contributed by atoms with Crippen LogP contribution in [0.25, 0.3) is 11.1 Å². The normalized spacial score (nSPS) is 16.3. The van der Waals surface area contributed by atoms with Crippen molar-refractivity contribution >= 4 is 43.2 Å². The van der Waals surface area contributed by atoms with Crippen LogP contribution in [-0.2, 0) is 0 Å². The largest absolute Gasteiger partial charge is 0.314 e. The minimum atomic E-state index is 0.474. The molecular formula is C25H21Br2N. The highest BCUT2D eigenvalue weighted by atomic mass is 79.9. The number of allylic oxidation sites excluding steroid dienone is 4. The first-order valence-corrected chi connectivity index (χ1v) is 11.0. The van der Waals surface area contributed by atoms with Crippen molar-refractivity contribution in [3.8, 4) is 11.1 Å². The van der Waals surface area contributed by atoms with Gasteiger partial charge in [0, 0.05) is 21.5 Å². The van der Waals surface area contributed by atoms with Crippen molar-refractivity contribution in [2.45, 2.75) is 13.3 Å². The lowest BCUT2D eigenvalue weighted by molar-refractivity contribution is 0.688. The van der Waals surface area contributed by atoms with Crippen LogP contribution in [0.4, 0.5) is 11.4 Å². The van der Waals surface area contributed by atoms with Crippen LogP contribution in [-0.4, -0.2) is 0 Å². The summed E-state index contributed by atoms with van der Waals surface area (Å²) in [5.41, 5.74) is 6.10. The molecule has 1 unspecified atom stereocenters. The van der Waals surface area contributed by atoms with Gasteiger partial charge >= 0.3 is 0 Å². The number of halogens is 2. The highest BCUT2D eigenvalue weighted by Crippen LogP contribution is 2.38. The zero-order valence-corrected chi connectivity index (χ0v) is 18.8. The van der Waals surface area contributed by atoms with Crippen molar-refractivity contribution in [3.63, 3.8) is 0 Å². The molecule has 0 N–H and O–H groups in total. The number of anilines is 2. The molecule has 0 amide bonds. The first-order valence-electron chi connectivity index (χ1n) is 9.39. The van der Waals surface area contributed by atoms with Gasteiger partial charge < -0.3 is 4.90 Å². The van der Waals surface area contributed by atoms with Gasteiger partial charge in [0.2, 0.25) is 0 Å². The maximum atomic E-state index is 3.68. The van der Waals surface area contributed by atoms with Crippen molar-refractivity contribution in [2.75, 3.05) is 4.90 Å². The first-order chi connectivity index (χ1) is 13.6. The Hall–Kier alpha value is -2.10. The van der Waals surface area contributed by atoms with E-state index in [1.807, 2.05) is 0 Å². The van der Waals surface area contributed by atoms with E-state index in [0.29, 0.717) is 5.92 Å². The van der Waals surface area contributed by atoms with Crippen molar-refractivity contribution in [1.82, 2.24) is 0 Å². The van der Waals surface area contributed by atoms with Gasteiger partial charge in [0.15, 0.2) is 0 Å². The number of nitrogens with zero attached hydrogens (tertiary/aromatic N) is 1. The smallest absolute Gasteiger partial charge is 0.0459 e. The first kappa shape index (κ1) is 19.2. The van der Waals surface area contributed by atoms with Gasteiger partial charge in [-0.1, -0.05) is 87.3 Å². The molecule has 1 nitrogen and oxygen atoms in total. The van der Waals surface area contributed by atoms with Gasteiger partial charge in [-0.3, -0.25) is 0 Å². The molecule has 0 fully saturated rings. The van der Waals surface area contributed by atoms with E-state index < -0.39 is 0 Å². The third-order valence-electron chi connectivity index (χ3n) is 5.03. The summed E-state index contributed by atoms with van der Waals surface area (Å²) in [6.45, 7) is 2.26. The van der Waals surface area contributed by atoms with Gasteiger partial charge in [-0.05, 0) is 70.4 Å². The highest BCUT2D eigenvalue weighted by molar-refractivity contribution is 9.11. The standard InChI is InChI=1S/C25H21Br2N/c1-18-17-24(15-16-25(18)27)28(23-13-9-21(26)10-14-23)22-11-7-20(8-12-22)19-5-3-2-4-6-19/h2-16,18H,17H2,1H3. The van der Waals surface area contributed by atoms with Crippen LogP contribution in [0.5, 0.6) is 0 Å². The minimum Gasteiger partial charge on any atom is -0.314 e. The van der Waals surface area contributed by atoms with Crippen LogP contribution >= 0.6 is 31.9 Å². The molecule has 0 spiro atoms. The summed E-state index contributed by atoms with van der Waals surface area (Å²) < 4.78 is 2.34. The van der Waals surface area contributed by atoms with E-state index in [2.05, 4.69) is 135 Å². The molecule has 0 radical (unpaired) electrons. The minimum absolute atomic E-state index is 0.474. The second kappa shape index (κ2) is 8.50. The van der Waals surface area contributed by atoms with Crippen LogP contribution in [0.3, 0.4) is 0 Å². The fourth-order valence-electron chi connectivity index (χ4n) is 3.49. The van der Waals surface area contributed by atoms with Crippen LogP contribution in [0, 0.1) is 5.92 Å². The molecular weight excluding hydrogens is 474 g/mol. The molecule has 1 aliphatic carbocycles. The third kappa shape index (κ3) is 4.16. The number of hydrogen-bond acceptors (Lipinski definition) is 1. The summed E-state index contributed by atoms with van der Waals surface area (Å²) in [6, 6.07) is 27.8. The quantitative estimate of drug-likeness (QED) is 0.351. The zero-order chi connectivity index (χ0) is 19.5. The maximum absolute atomic E-state index is 3.68. The van der Waals surface area contributed by atoms with Gasteiger partial charge in [0.25, 0.3) is 0 Å². The van der Waals surface area contributed by atoms with Gasteiger partial charge in [0.05, 0.1) is 0 Å². The molecule has 3 aromatic rings. The lowest BCUT2D eigenvalue weighted by Gasteiger charge is -2.31. The van der Waals surface area contributed by atoms with E-state index in [-0.39, 0.29) is 0 Å². The molecule has 28 heavy (non-hydrogen) atoms. The number of rotatable bonds is 4. The van der Waals surface area contributed by atoms with Gasteiger partial charge in [-0.15, -0.1) is 0 Å². The van der Waals surface area contributed by atoms with Crippen LogP contribution in [0.1, 0.15) is 13.3 Å². The SMILES string of the molecule is CC1CC(N(c2ccc(Br)cc2)c2ccc(-c3ccccc3)cc2)=CC=C1Br. The van der Waals surface area contributed by atoms with Crippen molar-refractivity contribution in [3.05, 3.63) is 106 Å². The molecule has 0 aliphatic heterocycles. The summed E-state index contributed by atoms with van der Waals surface area (Å²) >= 11 is 7.23. The highest BCUT2D eigenvalue weighted by Gasteiger charge is 2.20. The maximum Gasteiger partial charge on any atom is 0.0459 e. The Morgan fingerprint density at radius 1 is 0.714 bits per heavy atom. The predicted octanol–water partition coefficient (Wildman–Crippen LogP) is 8.46. The van der Waals surface area contributed by atoms with Gasteiger partial charge in [-0.25, -0.2) is 0 Å². The Balaban J connectivity index is 1.74. The molecule has 0 heterocycles. The second-order valence-electron chi connectivity index (χ2n) is 7.04. The monoisotopic (exact) mass is 493 g/mol. The molecule has 3 heteroatoms. The van der Waals surface area contributed by atoms with Crippen molar-refractivity contribution in [1.29, 1.82) is 0 Å². The van der Waals surface area contributed by atoms with E-state index in [4.69, 9.17) is 0 Å². The van der Waals surface area contributed by atoms with E-state index in [1.54, 1.807) is 0 Å². The fourth-order valence-corrected chi connectivity index (χ4v) is 4.05. The molecule has 0 aromatic heterocycles. The molecule has 1 atom stereocenters. The van der Waals surface area contributed by atoms with E-state index in [9.17, 15) is 0 Å². The van der Waals surface area contributed by atoms with Crippen LogP contribution < -0.4 is 4.90 Å². The Kier molecular flexibility index (Phi) is 5.84. The Morgan fingerprint density at radius 3 is 1.89 bits per heavy atom. The summed E-state index contributed by atoms with van der Waals surface area (Å²) in [7, 11) is 0. The molecule has 4 rings (SSSR count). The molecule has 0 bridgehead atoms. The second-order valence-corrected chi connectivity index (χ2v) is 8.87. The van der Waals surface area contributed by atoms with E-state index in [0.717, 1.165) is 10.9 Å². The molecule has 3 aromatic carbocycles. The van der Waals surface area contributed by atoms with Gasteiger partial charge in [-0.2, -0.15) is 0 Å². The molecule has 1 aliphatic rings. The van der Waals surface area contributed by atoms with Gasteiger partial charge in [0.1, 0.15) is 0 Å². The Bertz CT molecular complexity index is 1000. The fraction of sp³-hybridized carbons (Fsp3) is 0.120. The van der Waals surface area contributed by atoms with Crippen LogP contribution in [0.2, 0.25) is 0 Å². The molecule has 0 saturated heterocycles. The summed E-state index contributed by atoms with van der Waals surface area (Å²) in [6.07, 6.45) is 5.39. The van der Waals surface area contributed by atoms with Crippen molar-refractivity contribution < 1.29 is 0 Å². The lowest BCUT2D eigenvalue weighted by atomic mass is 9.98. The topological polar surface area (TPSA) is 3.24 Å². The Labute approximate surface area is 183 Å². The number of hydrogen-bond donors (Lipinski definition) is 0. The summed E-state index contributed by atoms with van der Waals surface area (Å²) in [5, 5.41) is 0. The average molecular weight is 495 g/mol. The van der Waals surface area contributed by atoms with E-state index in [1.165, 1.54) is 32.7 Å². The van der Waals surface area contributed by atoms with E-state index >= 15 is 0 Å². The molecule has 0 saturated carbocycles. The average Bonchev–Trinajstić information content (AvgIpc) is 2.73. The zero-order valence-electron chi connectivity index (χ0n) is 15.6. The molecule has 140 valence electrons. The van der Waals surface area contributed by atoms with Crippen molar-refractivity contribution in [2.24, 2.45) is 5.92 Å².